The van der Waals surface area contributed by atoms with Crippen molar-refractivity contribution in [1.29, 1.82) is 0 Å². The second-order valence-corrected chi connectivity index (χ2v) is 15.2. The second kappa shape index (κ2) is 12.9. The fourth-order valence-corrected chi connectivity index (χ4v) is 9.31. The molecule has 11 aromatic rings. The van der Waals surface area contributed by atoms with Crippen LogP contribution in [0.4, 0.5) is 5.69 Å². The van der Waals surface area contributed by atoms with Crippen LogP contribution in [0.25, 0.3) is 82.3 Å². The third-order valence-corrected chi connectivity index (χ3v) is 11.9. The Balaban J connectivity index is 1.10. The van der Waals surface area contributed by atoms with Crippen molar-refractivity contribution in [2.45, 2.75) is 6.17 Å². The first-order valence-corrected chi connectivity index (χ1v) is 19.9. The molecule has 0 aliphatic carbocycles. The van der Waals surface area contributed by atoms with Gasteiger partial charge in [0.2, 0.25) is 0 Å². The van der Waals surface area contributed by atoms with E-state index in [0.29, 0.717) is 0 Å². The monoisotopic (exact) mass is 740 g/mol. The summed E-state index contributed by atoms with van der Waals surface area (Å²) in [7, 11) is 0. The molecule has 0 amide bonds. The number of nitrogens with zero attached hydrogens (tertiary/aromatic N) is 3. The summed E-state index contributed by atoms with van der Waals surface area (Å²) in [6, 6.07) is 74.4. The lowest BCUT2D eigenvalue weighted by atomic mass is 9.98. The van der Waals surface area contributed by atoms with Gasteiger partial charge in [0.25, 0.3) is 0 Å². The largest absolute Gasteiger partial charge is 0.359 e. The topological polar surface area (TPSA) is 34.2 Å². The molecule has 0 fully saturated rings. The van der Waals surface area contributed by atoms with Crippen LogP contribution >= 0.6 is 0 Å². The number of benzene rings is 9. The molecular formula is C54H36N4. The number of nitrogens with one attached hydrogen (secondary N) is 1. The predicted octanol–water partition coefficient (Wildman–Crippen LogP) is 13.8. The molecule has 0 radical (unpaired) electrons. The summed E-state index contributed by atoms with van der Waals surface area (Å²) < 4.78 is 4.80. The number of anilines is 1. The Kier molecular flexibility index (Phi) is 7.26. The van der Waals surface area contributed by atoms with E-state index in [1.807, 2.05) is 0 Å². The molecule has 3 heterocycles. The molecule has 4 nitrogen and oxygen atoms in total. The van der Waals surface area contributed by atoms with E-state index in [0.717, 1.165) is 39.4 Å². The van der Waals surface area contributed by atoms with Crippen LogP contribution in [0.5, 0.6) is 0 Å². The summed E-state index contributed by atoms with van der Waals surface area (Å²) in [6.45, 7) is 0. The molecule has 1 unspecified atom stereocenters. The minimum atomic E-state index is -0.307. The van der Waals surface area contributed by atoms with Gasteiger partial charge < -0.3 is 9.88 Å². The average molecular weight is 741 g/mol. The van der Waals surface area contributed by atoms with Crippen molar-refractivity contribution in [2.75, 3.05) is 5.32 Å². The summed E-state index contributed by atoms with van der Waals surface area (Å²) in [6.07, 6.45) is -0.307. The van der Waals surface area contributed by atoms with Gasteiger partial charge in [-0.05, 0) is 81.7 Å². The van der Waals surface area contributed by atoms with Crippen molar-refractivity contribution in [3.63, 3.8) is 0 Å². The van der Waals surface area contributed by atoms with E-state index in [4.69, 9.17) is 4.99 Å². The van der Waals surface area contributed by atoms with E-state index in [9.17, 15) is 0 Å². The summed E-state index contributed by atoms with van der Waals surface area (Å²) in [5, 5.41) is 11.2. The zero-order valence-electron chi connectivity index (χ0n) is 31.5. The first kappa shape index (κ1) is 32.5. The molecule has 0 spiro atoms. The van der Waals surface area contributed by atoms with Crippen molar-refractivity contribution in [3.05, 3.63) is 217 Å². The molecular weight excluding hydrogens is 705 g/mol. The summed E-state index contributed by atoms with van der Waals surface area (Å²) in [4.78, 5) is 5.66. The standard InChI is InChI=1S/C54H36N4/c1-3-15-35(16-4-1)37-18-13-19-39(33-37)53-55-52-42-22-8-7-17-36(42)29-32-46(52)54(56-53)58-48-27-12-10-24-45(48)51-41(25-14-28-49(51)58)38-30-31-44-43-23-9-11-26-47(43)57(50(44)34-38)40-20-5-2-6-21-40/h1-34,53,55H. The first-order valence-electron chi connectivity index (χ1n) is 19.9. The number of fused-ring (bicyclic) bond motifs is 9. The number of aliphatic imine (C=N–C) groups is 1. The van der Waals surface area contributed by atoms with E-state index in [-0.39, 0.29) is 6.17 Å². The van der Waals surface area contributed by atoms with Gasteiger partial charge in [-0.1, -0.05) is 158 Å². The molecule has 1 atom stereocenters. The lowest BCUT2D eigenvalue weighted by molar-refractivity contribution is 0.821. The highest BCUT2D eigenvalue weighted by Gasteiger charge is 2.28. The molecule has 58 heavy (non-hydrogen) atoms. The Hall–Kier alpha value is -7.69. The number of aromatic nitrogens is 2. The zero-order chi connectivity index (χ0) is 38.2. The van der Waals surface area contributed by atoms with Crippen LogP contribution in [0.2, 0.25) is 0 Å². The molecule has 1 aliphatic rings. The Labute approximate surface area is 335 Å². The van der Waals surface area contributed by atoms with Crippen molar-refractivity contribution in [2.24, 2.45) is 4.99 Å². The Morgan fingerprint density at radius 1 is 0.397 bits per heavy atom. The smallest absolute Gasteiger partial charge is 0.147 e. The van der Waals surface area contributed by atoms with Gasteiger partial charge in [-0.2, -0.15) is 0 Å². The molecule has 4 heteroatoms. The van der Waals surface area contributed by atoms with E-state index in [1.54, 1.807) is 0 Å². The van der Waals surface area contributed by atoms with Crippen LogP contribution in [-0.4, -0.2) is 15.0 Å². The zero-order valence-corrected chi connectivity index (χ0v) is 31.5. The average Bonchev–Trinajstić information content (AvgIpc) is 3.82. The van der Waals surface area contributed by atoms with Gasteiger partial charge in [0.15, 0.2) is 0 Å². The van der Waals surface area contributed by atoms with Crippen LogP contribution in [0.1, 0.15) is 17.3 Å². The van der Waals surface area contributed by atoms with Crippen LogP contribution in [0.3, 0.4) is 0 Å². The minimum Gasteiger partial charge on any atom is -0.359 e. The van der Waals surface area contributed by atoms with Crippen LogP contribution in [0.15, 0.2) is 211 Å². The molecule has 0 saturated heterocycles. The lowest BCUT2D eigenvalue weighted by Gasteiger charge is -2.28. The molecule has 9 aromatic carbocycles. The van der Waals surface area contributed by atoms with Gasteiger partial charge in [-0.25, -0.2) is 4.99 Å². The van der Waals surface area contributed by atoms with Gasteiger partial charge in [0.05, 0.1) is 27.8 Å². The summed E-state index contributed by atoms with van der Waals surface area (Å²) in [5.41, 5.74) is 13.8. The molecule has 1 aliphatic heterocycles. The molecule has 12 rings (SSSR count). The van der Waals surface area contributed by atoms with Crippen molar-refractivity contribution >= 4 is 65.9 Å². The second-order valence-electron chi connectivity index (χ2n) is 15.2. The van der Waals surface area contributed by atoms with Gasteiger partial charge in [0, 0.05) is 38.2 Å². The van der Waals surface area contributed by atoms with E-state index in [2.05, 4.69) is 221 Å². The van der Waals surface area contributed by atoms with Gasteiger partial charge in [0.1, 0.15) is 12.0 Å². The van der Waals surface area contributed by atoms with Crippen LogP contribution < -0.4 is 5.32 Å². The van der Waals surface area contributed by atoms with Gasteiger partial charge >= 0.3 is 0 Å². The third-order valence-electron chi connectivity index (χ3n) is 11.9. The fourth-order valence-electron chi connectivity index (χ4n) is 9.31. The highest BCUT2D eigenvalue weighted by molar-refractivity contribution is 6.24. The van der Waals surface area contributed by atoms with Crippen LogP contribution in [-0.2, 0) is 0 Å². The Bertz CT molecular complexity index is 3430. The van der Waals surface area contributed by atoms with Crippen molar-refractivity contribution in [3.8, 4) is 27.9 Å². The maximum absolute atomic E-state index is 5.66. The summed E-state index contributed by atoms with van der Waals surface area (Å²) in [5.74, 6) is 0.928. The molecule has 272 valence electrons. The Morgan fingerprint density at radius 2 is 1.05 bits per heavy atom. The van der Waals surface area contributed by atoms with Gasteiger partial charge in [-0.3, -0.25) is 4.57 Å². The minimum absolute atomic E-state index is 0.307. The molecule has 2 aromatic heterocycles. The quantitative estimate of drug-likeness (QED) is 0.192. The van der Waals surface area contributed by atoms with Crippen molar-refractivity contribution < 1.29 is 0 Å². The maximum atomic E-state index is 5.66. The highest BCUT2D eigenvalue weighted by atomic mass is 15.2. The number of rotatable bonds is 4. The molecule has 1 N–H and O–H groups in total. The van der Waals surface area contributed by atoms with E-state index >= 15 is 0 Å². The molecule has 0 saturated carbocycles. The number of hydrogen-bond donors (Lipinski definition) is 1. The number of hydrogen-bond acceptors (Lipinski definition) is 2. The Morgan fingerprint density at radius 3 is 1.90 bits per heavy atom. The highest BCUT2D eigenvalue weighted by Crippen LogP contribution is 2.43. The maximum Gasteiger partial charge on any atom is 0.147 e. The molecule has 0 bridgehead atoms. The van der Waals surface area contributed by atoms with E-state index < -0.39 is 0 Å². The number of para-hydroxylation sites is 3. The summed E-state index contributed by atoms with van der Waals surface area (Å²) >= 11 is 0. The van der Waals surface area contributed by atoms with E-state index in [1.165, 1.54) is 65.6 Å². The third kappa shape index (κ3) is 4.98. The van der Waals surface area contributed by atoms with Crippen molar-refractivity contribution in [1.82, 2.24) is 9.13 Å². The van der Waals surface area contributed by atoms with Crippen LogP contribution in [0, 0.1) is 0 Å². The fraction of sp³-hybridized carbons (Fsp3) is 0.0185. The normalized spacial score (nSPS) is 13.9. The van der Waals surface area contributed by atoms with Gasteiger partial charge in [-0.15, -0.1) is 0 Å². The lowest BCUT2D eigenvalue weighted by Crippen LogP contribution is -2.25. The predicted molar refractivity (Wildman–Crippen MR) is 243 cm³/mol. The SMILES string of the molecule is c1ccc(-c2cccc(C3N=C(n4c5ccccc5c5c(-c6ccc7c8ccccc8n(-c8ccccc8)c7c6)cccc54)c4ccc5ccccc5c4N3)c2)cc1. The first-order chi connectivity index (χ1) is 28.8.